The highest BCUT2D eigenvalue weighted by Gasteiger charge is 2.18. The summed E-state index contributed by atoms with van der Waals surface area (Å²) in [4.78, 5) is 10.6. The van der Waals surface area contributed by atoms with Gasteiger partial charge in [0.2, 0.25) is 0 Å². The zero-order valence-electron chi connectivity index (χ0n) is 7.87. The van der Waals surface area contributed by atoms with E-state index >= 15 is 0 Å². The molecule has 0 aromatic heterocycles. The molecule has 0 amide bonds. The quantitative estimate of drug-likeness (QED) is 0.655. The maximum Gasteiger partial charge on any atom is 0.307 e. The molecule has 2 heteroatoms. The summed E-state index contributed by atoms with van der Waals surface area (Å²) >= 11 is 0. The Morgan fingerprint density at radius 1 is 1.50 bits per heavy atom. The van der Waals surface area contributed by atoms with Crippen molar-refractivity contribution in [1.82, 2.24) is 0 Å². The van der Waals surface area contributed by atoms with E-state index in [2.05, 4.69) is 6.58 Å². The summed E-state index contributed by atoms with van der Waals surface area (Å²) in [5.74, 6) is -1.23. The van der Waals surface area contributed by atoms with Crippen molar-refractivity contribution in [2.24, 2.45) is 11.8 Å². The first kappa shape index (κ1) is 11.0. The van der Waals surface area contributed by atoms with Crippen molar-refractivity contribution in [2.75, 3.05) is 0 Å². The van der Waals surface area contributed by atoms with Gasteiger partial charge in [-0.2, -0.15) is 0 Å². The third-order valence-electron chi connectivity index (χ3n) is 1.76. The Morgan fingerprint density at radius 2 is 2.00 bits per heavy atom. The number of carboxylic acid groups (broad SMARTS) is 1. The van der Waals surface area contributed by atoms with Gasteiger partial charge < -0.3 is 5.11 Å². The molecule has 0 spiro atoms. The number of hydrogen-bond acceptors (Lipinski definition) is 1. The molecule has 0 rings (SSSR count). The Balaban J connectivity index is 4.45. The second kappa shape index (κ2) is 4.75. The van der Waals surface area contributed by atoms with E-state index in [1.807, 2.05) is 19.9 Å². The topological polar surface area (TPSA) is 37.3 Å². The Labute approximate surface area is 73.6 Å². The van der Waals surface area contributed by atoms with Crippen LogP contribution in [0.2, 0.25) is 0 Å². The lowest BCUT2D eigenvalue weighted by Gasteiger charge is -2.12. The van der Waals surface area contributed by atoms with Crippen LogP contribution in [0.25, 0.3) is 0 Å². The van der Waals surface area contributed by atoms with Crippen LogP contribution in [0.1, 0.15) is 20.8 Å². The minimum atomic E-state index is -0.780. The van der Waals surface area contributed by atoms with E-state index in [1.54, 1.807) is 13.0 Å². The highest BCUT2D eigenvalue weighted by atomic mass is 16.4. The van der Waals surface area contributed by atoms with E-state index in [1.165, 1.54) is 0 Å². The highest BCUT2D eigenvalue weighted by Crippen LogP contribution is 2.16. The number of rotatable bonds is 4. The van der Waals surface area contributed by atoms with Crippen LogP contribution in [-0.4, -0.2) is 11.1 Å². The summed E-state index contributed by atoms with van der Waals surface area (Å²) in [6.07, 6.45) is 3.59. The van der Waals surface area contributed by atoms with Crippen molar-refractivity contribution in [3.8, 4) is 0 Å². The van der Waals surface area contributed by atoms with Crippen molar-refractivity contribution >= 4 is 5.97 Å². The molecule has 12 heavy (non-hydrogen) atoms. The first-order valence-electron chi connectivity index (χ1n) is 3.99. The lowest BCUT2D eigenvalue weighted by atomic mass is 9.92. The predicted octanol–water partition coefficient (Wildman–Crippen LogP) is 2.48. The molecule has 0 aliphatic rings. The second-order valence-electron chi connectivity index (χ2n) is 3.18. The summed E-state index contributed by atoms with van der Waals surface area (Å²) in [5, 5.41) is 8.72. The van der Waals surface area contributed by atoms with Crippen molar-refractivity contribution in [2.45, 2.75) is 20.8 Å². The summed E-state index contributed by atoms with van der Waals surface area (Å²) in [6, 6.07) is 0. The molecule has 0 aromatic rings. The molecule has 2 atom stereocenters. The minimum absolute atomic E-state index is 0.0625. The number of carbonyl (C=O) groups is 1. The van der Waals surface area contributed by atoms with Crippen molar-refractivity contribution < 1.29 is 9.90 Å². The fourth-order valence-corrected chi connectivity index (χ4v) is 0.966. The Kier molecular flexibility index (Phi) is 4.34. The molecular formula is C10H16O2. The third-order valence-corrected chi connectivity index (χ3v) is 1.76. The Bertz CT molecular complexity index is 200. The molecule has 0 aliphatic heterocycles. The fourth-order valence-electron chi connectivity index (χ4n) is 0.966. The van der Waals surface area contributed by atoms with Crippen molar-refractivity contribution in [3.05, 3.63) is 24.3 Å². The highest BCUT2D eigenvalue weighted by molar-refractivity contribution is 5.70. The molecule has 1 N–H and O–H groups in total. The molecule has 0 heterocycles. The lowest BCUT2D eigenvalue weighted by molar-refractivity contribution is -0.141. The zero-order valence-corrected chi connectivity index (χ0v) is 7.87. The van der Waals surface area contributed by atoms with Crippen LogP contribution in [0, 0.1) is 11.8 Å². The summed E-state index contributed by atoms with van der Waals surface area (Å²) < 4.78 is 0. The normalized spacial score (nSPS) is 14.6. The standard InChI is InChI=1S/C10H16O2/c1-5-9(6-7(2)3)8(4)10(11)12/h5-6,8-9H,1H2,2-4H3,(H,11,12)/t8-,9+/m1/s1. The fraction of sp³-hybridized carbons (Fsp3) is 0.500. The van der Waals surface area contributed by atoms with Gasteiger partial charge in [0, 0.05) is 5.92 Å². The van der Waals surface area contributed by atoms with Gasteiger partial charge in [0.25, 0.3) is 0 Å². The predicted molar refractivity (Wildman–Crippen MR) is 49.9 cm³/mol. The molecule has 0 fully saturated rings. The van der Waals surface area contributed by atoms with Crippen LogP contribution in [0.3, 0.4) is 0 Å². The van der Waals surface area contributed by atoms with E-state index in [0.29, 0.717) is 0 Å². The molecule has 0 saturated carbocycles. The monoisotopic (exact) mass is 168 g/mol. The molecule has 68 valence electrons. The summed E-state index contributed by atoms with van der Waals surface area (Å²) in [7, 11) is 0. The smallest absolute Gasteiger partial charge is 0.307 e. The number of carboxylic acids is 1. The van der Waals surface area contributed by atoms with E-state index in [-0.39, 0.29) is 5.92 Å². The van der Waals surface area contributed by atoms with Crippen molar-refractivity contribution in [3.63, 3.8) is 0 Å². The molecule has 0 bridgehead atoms. The van der Waals surface area contributed by atoms with Crippen LogP contribution >= 0.6 is 0 Å². The molecule has 0 aromatic carbocycles. The van der Waals surface area contributed by atoms with Gasteiger partial charge in [0.1, 0.15) is 0 Å². The van der Waals surface area contributed by atoms with Gasteiger partial charge in [0.15, 0.2) is 0 Å². The van der Waals surface area contributed by atoms with Gasteiger partial charge in [-0.15, -0.1) is 6.58 Å². The Hall–Kier alpha value is -1.05. The average molecular weight is 168 g/mol. The third kappa shape index (κ3) is 3.37. The SMILES string of the molecule is C=C[C@@H](C=C(C)C)[C@@H](C)C(=O)O. The number of hydrogen-bond donors (Lipinski definition) is 1. The average Bonchev–Trinajstić information content (AvgIpc) is 1.98. The Morgan fingerprint density at radius 3 is 2.25 bits per heavy atom. The minimum Gasteiger partial charge on any atom is -0.481 e. The van der Waals surface area contributed by atoms with Crippen LogP contribution < -0.4 is 0 Å². The largest absolute Gasteiger partial charge is 0.481 e. The molecule has 2 nitrogen and oxygen atoms in total. The molecule has 0 radical (unpaired) electrons. The number of aliphatic carboxylic acids is 1. The van der Waals surface area contributed by atoms with Crippen LogP contribution in [-0.2, 0) is 4.79 Å². The van der Waals surface area contributed by atoms with Crippen LogP contribution in [0.15, 0.2) is 24.3 Å². The summed E-state index contributed by atoms with van der Waals surface area (Å²) in [5.41, 5.74) is 1.12. The van der Waals surface area contributed by atoms with E-state index < -0.39 is 11.9 Å². The molecule has 0 unspecified atom stereocenters. The zero-order chi connectivity index (χ0) is 9.72. The molecule has 0 aliphatic carbocycles. The van der Waals surface area contributed by atoms with E-state index in [0.717, 1.165) is 5.57 Å². The molecular weight excluding hydrogens is 152 g/mol. The van der Waals surface area contributed by atoms with Gasteiger partial charge in [-0.3, -0.25) is 4.79 Å². The maximum absolute atomic E-state index is 10.6. The van der Waals surface area contributed by atoms with E-state index in [9.17, 15) is 4.79 Å². The lowest BCUT2D eigenvalue weighted by Crippen LogP contribution is -2.17. The van der Waals surface area contributed by atoms with Gasteiger partial charge in [-0.05, 0) is 13.8 Å². The maximum atomic E-state index is 10.6. The first-order chi connectivity index (χ1) is 5.49. The second-order valence-corrected chi connectivity index (χ2v) is 3.18. The van der Waals surface area contributed by atoms with Gasteiger partial charge in [0.05, 0.1) is 5.92 Å². The first-order valence-corrected chi connectivity index (χ1v) is 3.99. The van der Waals surface area contributed by atoms with Crippen LogP contribution in [0.5, 0.6) is 0 Å². The summed E-state index contributed by atoms with van der Waals surface area (Å²) in [6.45, 7) is 9.20. The number of allylic oxidation sites excluding steroid dienone is 3. The van der Waals surface area contributed by atoms with Crippen molar-refractivity contribution in [1.29, 1.82) is 0 Å². The van der Waals surface area contributed by atoms with E-state index in [4.69, 9.17) is 5.11 Å². The van der Waals surface area contributed by atoms with Gasteiger partial charge in [-0.25, -0.2) is 0 Å². The molecule has 0 saturated heterocycles. The van der Waals surface area contributed by atoms with Gasteiger partial charge in [-0.1, -0.05) is 24.6 Å². The van der Waals surface area contributed by atoms with Gasteiger partial charge >= 0.3 is 5.97 Å². The van der Waals surface area contributed by atoms with Crippen LogP contribution in [0.4, 0.5) is 0 Å².